The van der Waals surface area contributed by atoms with Crippen molar-refractivity contribution in [2.24, 2.45) is 0 Å². The molecule has 30 heavy (non-hydrogen) atoms. The van der Waals surface area contributed by atoms with Gasteiger partial charge in [0.25, 0.3) is 0 Å². The highest BCUT2D eigenvalue weighted by Crippen LogP contribution is 2.22. The van der Waals surface area contributed by atoms with Gasteiger partial charge in [-0.3, -0.25) is 4.57 Å². The van der Waals surface area contributed by atoms with Crippen LogP contribution in [0, 0.1) is 10.6 Å². The van der Waals surface area contributed by atoms with Gasteiger partial charge in [0.05, 0.1) is 19.2 Å². The van der Waals surface area contributed by atoms with Gasteiger partial charge in [-0.25, -0.2) is 4.39 Å². The van der Waals surface area contributed by atoms with Gasteiger partial charge < -0.3 is 9.64 Å². The summed E-state index contributed by atoms with van der Waals surface area (Å²) < 4.78 is 24.0. The lowest BCUT2D eigenvalue weighted by atomic mass is 10.0. The Labute approximate surface area is 180 Å². The van der Waals surface area contributed by atoms with E-state index in [1.165, 1.54) is 28.2 Å². The van der Waals surface area contributed by atoms with Crippen LogP contribution in [0.1, 0.15) is 24.0 Å². The van der Waals surface area contributed by atoms with E-state index in [9.17, 15) is 4.39 Å². The third kappa shape index (κ3) is 3.97. The number of hydrogen-bond acceptors (Lipinski definition) is 3. The summed E-state index contributed by atoms with van der Waals surface area (Å²) in [5.74, 6) is 0.534. The minimum absolute atomic E-state index is 0.155. The number of rotatable bonds is 5. The van der Waals surface area contributed by atoms with Crippen LogP contribution in [0.25, 0.3) is 11.4 Å². The molecule has 1 saturated heterocycles. The van der Waals surface area contributed by atoms with Gasteiger partial charge in [0.15, 0.2) is 12.5 Å². The lowest BCUT2D eigenvalue weighted by molar-refractivity contribution is -0.939. The average molecular weight is 426 g/mol. The molecule has 1 aromatic heterocycles. The van der Waals surface area contributed by atoms with Gasteiger partial charge in [0.2, 0.25) is 4.77 Å². The first-order valence-corrected chi connectivity index (χ1v) is 11.0. The minimum atomic E-state index is -0.251. The molecule has 0 aliphatic carbocycles. The Morgan fingerprint density at radius 2 is 1.93 bits per heavy atom. The molecule has 156 valence electrons. The number of fused-ring (bicyclic) bond motifs is 1. The Kier molecular flexibility index (Phi) is 5.50. The fourth-order valence-corrected chi connectivity index (χ4v) is 4.77. The highest BCUT2D eigenvalue weighted by Gasteiger charge is 2.24. The van der Waals surface area contributed by atoms with Crippen LogP contribution in [0.4, 0.5) is 4.39 Å². The number of nitrogens with zero attached hydrogens (tertiary/aromatic N) is 3. The van der Waals surface area contributed by atoms with Crippen molar-refractivity contribution in [1.29, 1.82) is 0 Å². The number of nitrogens with one attached hydrogen (secondary N) is 1. The number of halogens is 1. The van der Waals surface area contributed by atoms with Crippen LogP contribution in [-0.4, -0.2) is 33.6 Å². The van der Waals surface area contributed by atoms with E-state index in [2.05, 4.69) is 28.8 Å². The summed E-state index contributed by atoms with van der Waals surface area (Å²) >= 11 is 5.84. The van der Waals surface area contributed by atoms with Gasteiger partial charge in [0.1, 0.15) is 12.4 Å². The summed E-state index contributed by atoms with van der Waals surface area (Å²) in [5, 5.41) is 4.88. The predicted octanol–water partition coefficient (Wildman–Crippen LogP) is 3.00. The van der Waals surface area contributed by atoms with Gasteiger partial charge in [-0.05, 0) is 54.9 Å². The topological polar surface area (TPSA) is 36.4 Å². The molecule has 5 rings (SSSR count). The molecule has 0 radical (unpaired) electrons. The van der Waals surface area contributed by atoms with E-state index in [-0.39, 0.29) is 11.9 Å². The minimum Gasteiger partial charge on any atom is -0.376 e. The van der Waals surface area contributed by atoms with Crippen molar-refractivity contribution < 1.29 is 14.0 Å². The Bertz CT molecular complexity index is 1090. The standard InChI is InChI=1S/C23H25FN4OS/c24-20-9-7-18(8-10-20)22-25-28(23(30)27(22)15-21-6-3-13-29-21)16-26-12-11-17-4-1-2-5-19(17)14-26/h1-2,4-5,7-10,21H,3,6,11-16H2/p+1/t21-/m1/s1. The molecule has 0 spiro atoms. The van der Waals surface area contributed by atoms with Crippen molar-refractivity contribution in [1.82, 2.24) is 14.3 Å². The number of aromatic nitrogens is 3. The molecule has 0 saturated carbocycles. The summed E-state index contributed by atoms with van der Waals surface area (Å²) in [6, 6.07) is 15.1. The van der Waals surface area contributed by atoms with Gasteiger partial charge in [0, 0.05) is 24.2 Å². The Balaban J connectivity index is 1.45. The van der Waals surface area contributed by atoms with Crippen LogP contribution in [0.5, 0.6) is 0 Å². The first-order valence-electron chi connectivity index (χ1n) is 10.6. The van der Waals surface area contributed by atoms with E-state index in [4.69, 9.17) is 22.1 Å². The smallest absolute Gasteiger partial charge is 0.203 e. The van der Waals surface area contributed by atoms with E-state index in [1.807, 2.05) is 4.68 Å². The van der Waals surface area contributed by atoms with E-state index in [1.54, 1.807) is 12.1 Å². The van der Waals surface area contributed by atoms with Crippen LogP contribution in [0.3, 0.4) is 0 Å². The highest BCUT2D eigenvalue weighted by molar-refractivity contribution is 7.71. The largest absolute Gasteiger partial charge is 0.376 e. The van der Waals surface area contributed by atoms with Gasteiger partial charge in [-0.15, -0.1) is 5.10 Å². The van der Waals surface area contributed by atoms with Crippen LogP contribution in [0.15, 0.2) is 48.5 Å². The zero-order valence-electron chi connectivity index (χ0n) is 16.9. The van der Waals surface area contributed by atoms with Crippen molar-refractivity contribution in [3.05, 3.63) is 70.2 Å². The van der Waals surface area contributed by atoms with Gasteiger partial charge in [-0.1, -0.05) is 24.3 Å². The Morgan fingerprint density at radius 1 is 1.13 bits per heavy atom. The quantitative estimate of drug-likeness (QED) is 0.639. The van der Waals surface area contributed by atoms with E-state index in [0.717, 1.165) is 57.0 Å². The highest BCUT2D eigenvalue weighted by atomic mass is 32.1. The van der Waals surface area contributed by atoms with Crippen LogP contribution in [0.2, 0.25) is 0 Å². The van der Waals surface area contributed by atoms with Crippen LogP contribution in [-0.2, 0) is 30.9 Å². The molecule has 0 bridgehead atoms. The second-order valence-electron chi connectivity index (χ2n) is 8.21. The molecule has 1 fully saturated rings. The monoisotopic (exact) mass is 425 g/mol. The average Bonchev–Trinajstić information content (AvgIpc) is 3.38. The van der Waals surface area contributed by atoms with Crippen molar-refractivity contribution >= 4 is 12.2 Å². The van der Waals surface area contributed by atoms with Crippen molar-refractivity contribution in [2.75, 3.05) is 13.2 Å². The summed E-state index contributed by atoms with van der Waals surface area (Å²) in [5.41, 5.74) is 3.72. The maximum Gasteiger partial charge on any atom is 0.203 e. The summed E-state index contributed by atoms with van der Waals surface area (Å²) in [6.45, 7) is 4.24. The first kappa shape index (κ1) is 19.6. The predicted molar refractivity (Wildman–Crippen MR) is 115 cm³/mol. The molecule has 1 N–H and O–H groups in total. The van der Waals surface area contributed by atoms with Crippen molar-refractivity contribution in [2.45, 2.75) is 45.1 Å². The third-order valence-electron chi connectivity index (χ3n) is 6.12. The number of benzene rings is 2. The maximum absolute atomic E-state index is 13.5. The molecule has 0 amide bonds. The molecule has 2 atom stereocenters. The Hall–Kier alpha value is -2.35. The van der Waals surface area contributed by atoms with Crippen LogP contribution >= 0.6 is 12.2 Å². The SMILES string of the molecule is Fc1ccc(-c2nn(C[NH+]3CCc4ccccc4C3)c(=S)n2C[C@H]2CCCO2)cc1. The van der Waals surface area contributed by atoms with Crippen molar-refractivity contribution in [3.63, 3.8) is 0 Å². The molecule has 2 aromatic carbocycles. The summed E-state index contributed by atoms with van der Waals surface area (Å²) in [4.78, 5) is 1.44. The van der Waals surface area contributed by atoms with Gasteiger partial charge >= 0.3 is 0 Å². The number of hydrogen-bond donors (Lipinski definition) is 1. The molecule has 2 aliphatic rings. The van der Waals surface area contributed by atoms with Gasteiger partial charge in [-0.2, -0.15) is 4.68 Å². The zero-order chi connectivity index (χ0) is 20.5. The first-order chi connectivity index (χ1) is 14.7. The molecular weight excluding hydrogens is 399 g/mol. The number of quaternary nitrogens is 1. The molecular formula is C23H26FN4OS+. The molecule has 5 nitrogen and oxygen atoms in total. The van der Waals surface area contributed by atoms with E-state index < -0.39 is 0 Å². The molecule has 2 aliphatic heterocycles. The second-order valence-corrected chi connectivity index (χ2v) is 8.58. The molecule has 3 aromatic rings. The lowest BCUT2D eigenvalue weighted by Gasteiger charge is -2.25. The van der Waals surface area contributed by atoms with E-state index in [0.29, 0.717) is 11.3 Å². The van der Waals surface area contributed by atoms with E-state index >= 15 is 0 Å². The second kappa shape index (κ2) is 8.41. The van der Waals surface area contributed by atoms with Crippen LogP contribution < -0.4 is 4.90 Å². The third-order valence-corrected chi connectivity index (χ3v) is 6.55. The number of ether oxygens (including phenoxy) is 1. The summed E-state index contributed by atoms with van der Waals surface area (Å²) in [6.07, 6.45) is 3.34. The van der Waals surface area contributed by atoms with Crippen molar-refractivity contribution in [3.8, 4) is 11.4 Å². The summed E-state index contributed by atoms with van der Waals surface area (Å²) in [7, 11) is 0. The molecule has 3 heterocycles. The fraction of sp³-hybridized carbons (Fsp3) is 0.391. The zero-order valence-corrected chi connectivity index (χ0v) is 17.7. The Morgan fingerprint density at radius 3 is 2.70 bits per heavy atom. The fourth-order valence-electron chi connectivity index (χ4n) is 4.50. The normalized spacial score (nSPS) is 21.0. The molecule has 1 unspecified atom stereocenters. The lowest BCUT2D eigenvalue weighted by Crippen LogP contribution is -3.11. The maximum atomic E-state index is 13.5. The molecule has 7 heteroatoms.